The van der Waals surface area contributed by atoms with E-state index in [1.165, 1.54) is 47.1 Å². The van der Waals surface area contributed by atoms with Crippen molar-refractivity contribution < 1.29 is 6.85 Å². The van der Waals surface area contributed by atoms with E-state index in [-0.39, 0.29) is 53.3 Å². The molecule has 2 aliphatic rings. The minimum atomic E-state index is -0.386. The molecular weight excluding hydrogens is 627 g/mol. The Balaban J connectivity index is 1.35. The highest BCUT2D eigenvalue weighted by Crippen LogP contribution is 2.47. The molecule has 49 heavy (non-hydrogen) atoms. The normalized spacial score (nSPS) is 15.1. The van der Waals surface area contributed by atoms with Crippen LogP contribution in [0, 0.1) is 0 Å². The predicted molar refractivity (Wildman–Crippen MR) is 216 cm³/mol. The lowest BCUT2D eigenvalue weighted by Gasteiger charge is -2.35. The average Bonchev–Trinajstić information content (AvgIpc) is 3.14. The zero-order valence-electron chi connectivity index (χ0n) is 33.6. The Labute approximate surface area is 306 Å². The molecule has 3 heteroatoms. The second kappa shape index (κ2) is 11.2. The molecule has 7 aromatic rings. The van der Waals surface area contributed by atoms with Gasteiger partial charge in [-0.25, -0.2) is 0 Å². The molecular formula is C46H39BS2. The van der Waals surface area contributed by atoms with Crippen LogP contribution >= 0.6 is 23.5 Å². The van der Waals surface area contributed by atoms with Crippen LogP contribution in [0.5, 0.6) is 0 Å². The minimum absolute atomic E-state index is 0.0185. The summed E-state index contributed by atoms with van der Waals surface area (Å²) in [5.74, 6) is 0. The number of benzene rings is 7. The first-order valence-electron chi connectivity index (χ1n) is 19.5. The van der Waals surface area contributed by atoms with Crippen LogP contribution in [0.4, 0.5) is 0 Å². The highest BCUT2D eigenvalue weighted by molar-refractivity contribution is 8.01. The van der Waals surface area contributed by atoms with Crippen LogP contribution in [0.15, 0.2) is 147 Å². The summed E-state index contributed by atoms with van der Waals surface area (Å²) in [5.41, 5.74) is 9.84. The fourth-order valence-electron chi connectivity index (χ4n) is 7.65. The van der Waals surface area contributed by atoms with E-state index < -0.39 is 0 Å². The van der Waals surface area contributed by atoms with E-state index in [1.807, 2.05) is 59.9 Å². The van der Waals surface area contributed by atoms with Gasteiger partial charge in [0.2, 0.25) is 6.71 Å². The molecule has 0 fully saturated rings. The van der Waals surface area contributed by atoms with E-state index in [0.717, 1.165) is 32.7 Å². The molecule has 2 heterocycles. The number of fused-ring (bicyclic) bond motifs is 6. The van der Waals surface area contributed by atoms with Crippen molar-refractivity contribution in [2.24, 2.45) is 0 Å². The van der Waals surface area contributed by atoms with Crippen molar-refractivity contribution in [1.29, 1.82) is 0 Å². The highest BCUT2D eigenvalue weighted by Gasteiger charge is 2.39. The van der Waals surface area contributed by atoms with Crippen LogP contribution in [0.1, 0.15) is 59.5 Å². The summed E-state index contributed by atoms with van der Waals surface area (Å²) < 4.78 is 43.3. The van der Waals surface area contributed by atoms with Gasteiger partial charge in [-0.2, -0.15) is 0 Å². The van der Waals surface area contributed by atoms with Gasteiger partial charge in [0.25, 0.3) is 0 Å². The smallest absolute Gasteiger partial charge is 0.0911 e. The van der Waals surface area contributed by atoms with Gasteiger partial charge in [-0.3, -0.25) is 0 Å². The van der Waals surface area contributed by atoms with Crippen molar-refractivity contribution in [3.05, 3.63) is 138 Å². The molecule has 0 saturated heterocycles. The fraction of sp³-hybridized carbons (Fsp3) is 0.174. The molecule has 0 aromatic heterocycles. The predicted octanol–water partition coefficient (Wildman–Crippen LogP) is 11.4. The molecule has 0 radical (unpaired) electrons. The molecule has 9 rings (SSSR count). The molecule has 0 amide bonds. The Kier molecular flexibility index (Phi) is 5.87. The quantitative estimate of drug-likeness (QED) is 0.133. The standard InChI is InChI=1S/C46H39BS2/c1-45(2,3)30-20-22-36-38(26-30)48-40-24-29(25-41-44(40)47(36)37-23-21-31(46(4,5)6)27-39(37)49-41)43-34-18-12-10-16-32(34)42(28-14-8-7-9-15-28)33-17-11-13-19-35(33)43/h7-27H,1-6H3/i7D,8D,9D,14D,15D. The Morgan fingerprint density at radius 2 is 0.918 bits per heavy atom. The maximum atomic E-state index is 8.97. The average molecular weight is 672 g/mol. The molecule has 7 aromatic carbocycles. The topological polar surface area (TPSA) is 0 Å². The van der Waals surface area contributed by atoms with E-state index in [9.17, 15) is 0 Å². The first-order valence-corrected chi connectivity index (χ1v) is 18.6. The number of hydrogen-bond acceptors (Lipinski definition) is 2. The van der Waals surface area contributed by atoms with Crippen molar-refractivity contribution in [3.8, 4) is 22.3 Å². The van der Waals surface area contributed by atoms with Crippen LogP contribution in [0.3, 0.4) is 0 Å². The van der Waals surface area contributed by atoms with Crippen molar-refractivity contribution in [2.45, 2.75) is 72.0 Å². The first kappa shape index (κ1) is 25.7. The molecule has 0 unspecified atom stereocenters. The lowest BCUT2D eigenvalue weighted by Crippen LogP contribution is -2.58. The van der Waals surface area contributed by atoms with Crippen molar-refractivity contribution >= 4 is 68.2 Å². The Morgan fingerprint density at radius 3 is 1.35 bits per heavy atom. The molecule has 238 valence electrons. The van der Waals surface area contributed by atoms with Gasteiger partial charge in [0.05, 0.1) is 6.85 Å². The zero-order chi connectivity index (χ0) is 38.0. The summed E-state index contributed by atoms with van der Waals surface area (Å²) in [4.78, 5) is 5.11. The Hall–Kier alpha value is -4.18. The van der Waals surface area contributed by atoms with E-state index in [1.54, 1.807) is 0 Å². The maximum Gasteiger partial charge on any atom is 0.247 e. The molecule has 0 spiro atoms. The monoisotopic (exact) mass is 671 g/mol. The maximum absolute atomic E-state index is 8.97. The lowest BCUT2D eigenvalue weighted by atomic mass is 9.36. The molecule has 0 saturated carbocycles. The Morgan fingerprint density at radius 1 is 0.490 bits per heavy atom. The largest absolute Gasteiger partial charge is 0.247 e. The van der Waals surface area contributed by atoms with Gasteiger partial charge in [-0.15, -0.1) is 0 Å². The molecule has 0 nitrogen and oxygen atoms in total. The second-order valence-electron chi connectivity index (χ2n) is 15.4. The van der Waals surface area contributed by atoms with Gasteiger partial charge >= 0.3 is 0 Å². The van der Waals surface area contributed by atoms with Gasteiger partial charge < -0.3 is 0 Å². The van der Waals surface area contributed by atoms with Crippen LogP contribution in [0.2, 0.25) is 0 Å². The van der Waals surface area contributed by atoms with E-state index in [4.69, 9.17) is 6.85 Å². The van der Waals surface area contributed by atoms with Crippen LogP contribution in [-0.4, -0.2) is 6.71 Å². The van der Waals surface area contributed by atoms with Crippen molar-refractivity contribution in [1.82, 2.24) is 0 Å². The Bertz CT molecular complexity index is 2590. The minimum Gasteiger partial charge on any atom is -0.0911 e. The van der Waals surface area contributed by atoms with Gasteiger partial charge in [0.15, 0.2) is 0 Å². The summed E-state index contributed by atoms with van der Waals surface area (Å²) in [6, 6.07) is 33.8. The third-order valence-corrected chi connectivity index (χ3v) is 12.4. The van der Waals surface area contributed by atoms with Crippen LogP contribution in [-0.2, 0) is 10.8 Å². The van der Waals surface area contributed by atoms with Gasteiger partial charge in [-0.1, -0.05) is 179 Å². The molecule has 0 bridgehead atoms. The third-order valence-electron chi connectivity index (χ3n) is 10.2. The number of rotatable bonds is 2. The second-order valence-corrected chi connectivity index (χ2v) is 17.5. The lowest BCUT2D eigenvalue weighted by molar-refractivity contribution is 0.589. The summed E-state index contributed by atoms with van der Waals surface area (Å²) in [7, 11) is 0. The van der Waals surface area contributed by atoms with E-state index in [2.05, 4.69) is 102 Å². The summed E-state index contributed by atoms with van der Waals surface area (Å²) in [6.07, 6.45) is 0. The van der Waals surface area contributed by atoms with Crippen molar-refractivity contribution in [3.63, 3.8) is 0 Å². The van der Waals surface area contributed by atoms with Gasteiger partial charge in [-0.05, 0) is 95.5 Å². The zero-order valence-corrected chi connectivity index (χ0v) is 30.3. The van der Waals surface area contributed by atoms with E-state index in [0.29, 0.717) is 5.56 Å². The van der Waals surface area contributed by atoms with Crippen molar-refractivity contribution in [2.75, 3.05) is 0 Å². The van der Waals surface area contributed by atoms with Crippen LogP contribution in [0.25, 0.3) is 43.8 Å². The van der Waals surface area contributed by atoms with E-state index >= 15 is 0 Å². The van der Waals surface area contributed by atoms with Crippen LogP contribution < -0.4 is 16.4 Å². The fourth-order valence-corrected chi connectivity index (χ4v) is 10.2. The molecule has 2 aliphatic heterocycles. The molecule has 0 aliphatic carbocycles. The van der Waals surface area contributed by atoms with Gasteiger partial charge in [0.1, 0.15) is 0 Å². The molecule has 0 N–H and O–H groups in total. The molecule has 0 atom stereocenters. The summed E-state index contributed by atoms with van der Waals surface area (Å²) >= 11 is 3.74. The highest BCUT2D eigenvalue weighted by atomic mass is 32.2. The first-order chi connectivity index (χ1) is 25.6. The third kappa shape index (κ3) is 5.00. The van der Waals surface area contributed by atoms with Gasteiger partial charge in [0, 0.05) is 19.6 Å². The SMILES string of the molecule is [2H]c1c([2H])c([2H])c(-c2c3ccccc3c(-c3cc4c5c(c3)Sc3cc(C(C)(C)C)ccc3B5c3ccc(C(C)(C)C)cc3S4)c3ccccc23)c([2H])c1[2H]. The number of hydrogen-bond donors (Lipinski definition) is 0. The summed E-state index contributed by atoms with van der Waals surface area (Å²) in [6.45, 7) is 13.8. The summed E-state index contributed by atoms with van der Waals surface area (Å²) in [5, 5.41) is 3.67.